The molecule has 0 N–H and O–H groups in total. The summed E-state index contributed by atoms with van der Waals surface area (Å²) in [6.45, 7) is 3.55. The Morgan fingerprint density at radius 1 is 1.43 bits per heavy atom. The van der Waals surface area contributed by atoms with Gasteiger partial charge in [0.2, 0.25) is 0 Å². The van der Waals surface area contributed by atoms with E-state index < -0.39 is 16.8 Å². The Balaban J connectivity index is 5.12. The van der Waals surface area contributed by atoms with E-state index in [4.69, 9.17) is 11.2 Å². The van der Waals surface area contributed by atoms with Gasteiger partial charge in [-0.25, -0.2) is 4.67 Å². The van der Waals surface area contributed by atoms with Gasteiger partial charge in [-0.15, -0.1) is 0 Å². The van der Waals surface area contributed by atoms with Gasteiger partial charge in [0, 0.05) is 31.9 Å². The quantitative estimate of drug-likeness (QED) is 0.422. The van der Waals surface area contributed by atoms with E-state index in [0.717, 1.165) is 0 Å². The van der Waals surface area contributed by atoms with Gasteiger partial charge in [0.05, 0.1) is 0 Å². The Bertz CT molecular complexity index is 266. The van der Waals surface area contributed by atoms with Crippen LogP contribution < -0.4 is 0 Å². The summed E-state index contributed by atoms with van der Waals surface area (Å²) in [5, 5.41) is 9.12. The third kappa shape index (κ3) is 2.27. The number of rotatable bonds is 5. The summed E-state index contributed by atoms with van der Waals surface area (Å²) in [5.41, 5.74) is 0. The van der Waals surface area contributed by atoms with Gasteiger partial charge in [-0.3, -0.25) is 14.7 Å². The Hall–Kier alpha value is -0.120. The van der Waals surface area contributed by atoms with Crippen molar-refractivity contribution >= 4 is 17.9 Å². The predicted octanol–water partition coefficient (Wildman–Crippen LogP) is 2.77. The third-order valence-corrected chi connectivity index (χ3v) is 6.90. The molecule has 0 aromatic rings. The molecule has 0 fully saturated rings. The fourth-order valence-corrected chi connectivity index (χ4v) is 3.48. The molecule has 0 aliphatic heterocycles. The summed E-state index contributed by atoms with van der Waals surface area (Å²) >= 11 is 5.83. The average molecular weight is 243 g/mol. The van der Waals surface area contributed by atoms with Gasteiger partial charge in [-0.1, -0.05) is 13.8 Å². The second kappa shape index (κ2) is 4.60. The van der Waals surface area contributed by atoms with E-state index in [2.05, 4.69) is 0 Å². The molecule has 7 heteroatoms. The minimum absolute atomic E-state index is 0.439. The topological polar surface area (TPSA) is 63.5 Å². The molecule has 1 unspecified atom stereocenters. The van der Waals surface area contributed by atoms with Crippen LogP contribution in [0.3, 0.4) is 0 Å². The number of halogens is 1. The van der Waals surface area contributed by atoms with Crippen molar-refractivity contribution in [3.63, 3.8) is 0 Å². The third-order valence-electron chi connectivity index (χ3n) is 2.22. The van der Waals surface area contributed by atoms with Crippen LogP contribution in [0.25, 0.3) is 0 Å². The molecule has 0 heterocycles. The zero-order chi connectivity index (χ0) is 11.6. The zero-order valence-electron chi connectivity index (χ0n) is 8.86. The molecule has 0 saturated heterocycles. The highest BCUT2D eigenvalue weighted by Crippen LogP contribution is 2.64. The van der Waals surface area contributed by atoms with Crippen LogP contribution in [0.5, 0.6) is 0 Å². The second-order valence-corrected chi connectivity index (χ2v) is 7.43. The van der Waals surface area contributed by atoms with Crippen molar-refractivity contribution in [2.75, 3.05) is 13.1 Å². The maximum Gasteiger partial charge on any atom is 0.308 e. The van der Waals surface area contributed by atoms with Crippen molar-refractivity contribution in [1.29, 1.82) is 0 Å². The van der Waals surface area contributed by atoms with Gasteiger partial charge >= 0.3 is 6.65 Å². The van der Waals surface area contributed by atoms with Gasteiger partial charge in [0.25, 0.3) is 5.28 Å². The van der Waals surface area contributed by atoms with Crippen LogP contribution in [-0.4, -0.2) is 28.0 Å². The molecule has 1 atom stereocenters. The highest BCUT2D eigenvalue weighted by Gasteiger charge is 2.53. The molecular formula is C7H16ClN2O3P. The van der Waals surface area contributed by atoms with Crippen molar-refractivity contribution < 1.29 is 9.49 Å². The first-order valence-electron chi connectivity index (χ1n) is 4.41. The Kier molecular flexibility index (Phi) is 4.56. The summed E-state index contributed by atoms with van der Waals surface area (Å²) in [6.07, 6.45) is 0. The summed E-state index contributed by atoms with van der Waals surface area (Å²) in [6, 6.07) is 0. The summed E-state index contributed by atoms with van der Waals surface area (Å²) < 4.78 is 13.5. The van der Waals surface area contributed by atoms with Crippen molar-refractivity contribution in [1.82, 2.24) is 4.67 Å². The monoisotopic (exact) mass is 242 g/mol. The zero-order valence-corrected chi connectivity index (χ0v) is 10.5. The van der Waals surface area contributed by atoms with Crippen molar-refractivity contribution in [2.24, 2.45) is 0 Å². The van der Waals surface area contributed by atoms with Gasteiger partial charge in [-0.05, 0) is 11.2 Å². The molecule has 5 nitrogen and oxygen atoms in total. The number of hydrogen-bond acceptors (Lipinski definition) is 3. The number of hydrogen-bond donors (Lipinski definition) is 0. The van der Waals surface area contributed by atoms with E-state index in [9.17, 15) is 14.7 Å². The van der Waals surface area contributed by atoms with Crippen LogP contribution in [-0.2, 0) is 4.57 Å². The highest BCUT2D eigenvalue weighted by molar-refractivity contribution is 7.88. The van der Waals surface area contributed by atoms with E-state index in [1.165, 1.54) is 18.5 Å². The van der Waals surface area contributed by atoms with E-state index in [1.807, 2.05) is 0 Å². The summed E-state index contributed by atoms with van der Waals surface area (Å²) in [5.74, 6) is 0. The van der Waals surface area contributed by atoms with E-state index in [-0.39, 0.29) is 0 Å². The maximum atomic E-state index is 12.1. The van der Waals surface area contributed by atoms with Crippen LogP contribution >= 0.6 is 17.9 Å². The maximum absolute atomic E-state index is 12.1. The smallest absolute Gasteiger partial charge is 0.281 e. The molecule has 0 aromatic heterocycles. The first-order chi connectivity index (χ1) is 6.21. The number of nitrogens with zero attached hydrogens (tertiary/aromatic N) is 2. The number of nitro groups is 1. The van der Waals surface area contributed by atoms with E-state index in [0.29, 0.717) is 13.1 Å². The first kappa shape index (κ1) is 13.9. The van der Waals surface area contributed by atoms with Crippen LogP contribution in [0.1, 0.15) is 27.7 Å². The van der Waals surface area contributed by atoms with Gasteiger partial charge in [0.15, 0.2) is 0 Å². The van der Waals surface area contributed by atoms with E-state index >= 15 is 0 Å². The van der Waals surface area contributed by atoms with Gasteiger partial charge < -0.3 is 0 Å². The average Bonchev–Trinajstić information content (AvgIpc) is 2.05. The van der Waals surface area contributed by atoms with Crippen molar-refractivity contribution in [2.45, 2.75) is 33.0 Å². The lowest BCUT2D eigenvalue weighted by Gasteiger charge is -2.30. The molecule has 0 aromatic carbocycles. The normalized spacial score (nSPS) is 16.7. The van der Waals surface area contributed by atoms with Crippen molar-refractivity contribution in [3.8, 4) is 0 Å². The van der Waals surface area contributed by atoms with Crippen LogP contribution in [0.4, 0.5) is 0 Å². The molecule has 0 rings (SSSR count). The summed E-state index contributed by atoms with van der Waals surface area (Å²) in [4.78, 5) is 10.1. The largest absolute Gasteiger partial charge is 0.308 e. The molecule has 0 bridgehead atoms. The molecule has 0 aliphatic carbocycles. The van der Waals surface area contributed by atoms with Crippen molar-refractivity contribution in [3.05, 3.63) is 10.1 Å². The summed E-state index contributed by atoms with van der Waals surface area (Å²) in [7, 11) is 0. The lowest BCUT2D eigenvalue weighted by molar-refractivity contribution is -0.532. The minimum atomic E-state index is -3.46. The fraction of sp³-hybridized carbons (Fsp3) is 1.00. The molecule has 14 heavy (non-hydrogen) atoms. The predicted molar refractivity (Wildman–Crippen MR) is 57.5 cm³/mol. The standard InChI is InChI=1S/C7H16ClN2O3P/c1-5-9(6-2)14(8,13)7(3,4)10(11)12/h5-6H2,1-4H3. The van der Waals surface area contributed by atoms with E-state index in [1.54, 1.807) is 13.8 Å². The molecule has 0 aliphatic rings. The van der Waals surface area contributed by atoms with Gasteiger partial charge in [-0.2, -0.15) is 0 Å². The molecule has 0 amide bonds. The first-order valence-corrected chi connectivity index (χ1v) is 6.98. The molecule has 0 radical (unpaired) electrons. The highest BCUT2D eigenvalue weighted by atomic mass is 35.7. The Morgan fingerprint density at radius 3 is 2.00 bits per heavy atom. The lowest BCUT2D eigenvalue weighted by Crippen LogP contribution is -2.36. The SMILES string of the molecule is CCN(CC)P(=O)(Cl)C(C)(C)[N+](=O)[O-]. The molecule has 0 spiro atoms. The molecular weight excluding hydrogens is 227 g/mol. The van der Waals surface area contributed by atoms with Crippen LogP contribution in [0.2, 0.25) is 0 Å². The molecule has 0 saturated carbocycles. The lowest BCUT2D eigenvalue weighted by atomic mass is 10.4. The second-order valence-electron chi connectivity index (χ2n) is 3.39. The Morgan fingerprint density at radius 2 is 1.79 bits per heavy atom. The van der Waals surface area contributed by atoms with Crippen LogP contribution in [0.15, 0.2) is 0 Å². The minimum Gasteiger partial charge on any atom is -0.281 e. The van der Waals surface area contributed by atoms with Crippen LogP contribution in [0, 0.1) is 10.1 Å². The Labute approximate surface area is 88.8 Å². The fourth-order valence-electron chi connectivity index (χ4n) is 1.03. The molecule has 84 valence electrons. The van der Waals surface area contributed by atoms with Gasteiger partial charge in [0.1, 0.15) is 0 Å².